The summed E-state index contributed by atoms with van der Waals surface area (Å²) in [5.74, 6) is 0.351. The summed E-state index contributed by atoms with van der Waals surface area (Å²) in [6.07, 6.45) is 0.798. The Balaban J connectivity index is 1.73. The van der Waals surface area contributed by atoms with E-state index in [4.69, 9.17) is 23.2 Å². The maximum absolute atomic E-state index is 12.8. The number of carbonyl (C=O) groups is 1. The lowest BCUT2D eigenvalue weighted by atomic mass is 10.2. The highest BCUT2D eigenvalue weighted by atomic mass is 35.5. The zero-order valence-corrected chi connectivity index (χ0v) is 13.9. The first-order valence-corrected chi connectivity index (χ1v) is 8.42. The van der Waals surface area contributed by atoms with Crippen LogP contribution >= 0.6 is 35.0 Å². The molecule has 0 saturated carbocycles. The van der Waals surface area contributed by atoms with Crippen molar-refractivity contribution < 1.29 is 9.18 Å². The molecule has 2 rings (SSSR count). The Hall–Kier alpha value is -1.23. The van der Waals surface area contributed by atoms with Gasteiger partial charge in [-0.2, -0.15) is 0 Å². The highest BCUT2D eigenvalue weighted by Crippen LogP contribution is 2.25. The maximum Gasteiger partial charge on any atom is 0.252 e. The molecule has 0 aliphatic rings. The number of carbonyl (C=O) groups excluding carboxylic acids is 1. The lowest BCUT2D eigenvalue weighted by molar-refractivity contribution is 0.0954. The van der Waals surface area contributed by atoms with Crippen molar-refractivity contribution in [2.75, 3.05) is 12.3 Å². The summed E-state index contributed by atoms with van der Waals surface area (Å²) in [4.78, 5) is 13.0. The molecule has 116 valence electrons. The second-order valence-corrected chi connectivity index (χ2v) is 6.47. The average Bonchev–Trinajstić information content (AvgIpc) is 2.51. The highest BCUT2D eigenvalue weighted by molar-refractivity contribution is 7.99. The van der Waals surface area contributed by atoms with Crippen LogP contribution in [0, 0.1) is 5.82 Å². The van der Waals surface area contributed by atoms with Crippen LogP contribution < -0.4 is 5.32 Å². The van der Waals surface area contributed by atoms with Gasteiger partial charge in [0.15, 0.2) is 0 Å². The van der Waals surface area contributed by atoms with Gasteiger partial charge in [-0.1, -0.05) is 29.3 Å². The molecule has 2 aromatic carbocycles. The minimum atomic E-state index is -0.241. The minimum absolute atomic E-state index is 0.237. The van der Waals surface area contributed by atoms with E-state index in [0.29, 0.717) is 17.1 Å². The number of hydrogen-bond donors (Lipinski definition) is 1. The van der Waals surface area contributed by atoms with Crippen molar-refractivity contribution in [3.63, 3.8) is 0 Å². The monoisotopic (exact) mass is 357 g/mol. The van der Waals surface area contributed by atoms with Crippen molar-refractivity contribution in [2.24, 2.45) is 0 Å². The largest absolute Gasteiger partial charge is 0.352 e. The molecule has 0 fully saturated rings. The lowest BCUT2D eigenvalue weighted by Gasteiger charge is -2.07. The van der Waals surface area contributed by atoms with E-state index in [-0.39, 0.29) is 16.7 Å². The van der Waals surface area contributed by atoms with E-state index in [0.717, 1.165) is 17.1 Å². The molecule has 0 saturated heterocycles. The molecule has 0 unspecified atom stereocenters. The Morgan fingerprint density at radius 2 is 1.86 bits per heavy atom. The second-order valence-electron chi connectivity index (χ2n) is 4.51. The van der Waals surface area contributed by atoms with Gasteiger partial charge in [-0.15, -0.1) is 11.8 Å². The van der Waals surface area contributed by atoms with Crippen molar-refractivity contribution in [1.82, 2.24) is 5.32 Å². The summed E-state index contributed by atoms with van der Waals surface area (Å²) in [5, 5.41) is 3.44. The van der Waals surface area contributed by atoms with Gasteiger partial charge in [-0.3, -0.25) is 4.79 Å². The van der Waals surface area contributed by atoms with E-state index < -0.39 is 0 Å². The number of hydrogen-bond acceptors (Lipinski definition) is 2. The standard InChI is InChI=1S/C16H14Cl2FNOS/c17-14-4-1-3-13(15(14)18)16(21)20-9-2-10-22-12-7-5-11(19)6-8-12/h1,3-8H,2,9-10H2,(H,20,21). The highest BCUT2D eigenvalue weighted by Gasteiger charge is 2.11. The van der Waals surface area contributed by atoms with Crippen LogP contribution in [0.4, 0.5) is 4.39 Å². The molecule has 2 nitrogen and oxygen atoms in total. The summed E-state index contributed by atoms with van der Waals surface area (Å²) in [6, 6.07) is 11.3. The Morgan fingerprint density at radius 3 is 2.59 bits per heavy atom. The molecule has 22 heavy (non-hydrogen) atoms. The fourth-order valence-corrected chi connectivity index (χ4v) is 3.01. The van der Waals surface area contributed by atoms with Crippen molar-refractivity contribution in [3.05, 3.63) is 63.9 Å². The Morgan fingerprint density at radius 1 is 1.14 bits per heavy atom. The van der Waals surface area contributed by atoms with E-state index in [9.17, 15) is 9.18 Å². The first-order chi connectivity index (χ1) is 10.6. The summed E-state index contributed by atoms with van der Waals surface area (Å²) < 4.78 is 12.8. The summed E-state index contributed by atoms with van der Waals surface area (Å²) >= 11 is 13.5. The maximum atomic E-state index is 12.8. The van der Waals surface area contributed by atoms with E-state index in [1.54, 1.807) is 42.1 Å². The molecule has 6 heteroatoms. The molecule has 0 spiro atoms. The third-order valence-electron chi connectivity index (χ3n) is 2.89. The molecule has 2 aromatic rings. The minimum Gasteiger partial charge on any atom is -0.352 e. The molecular weight excluding hydrogens is 344 g/mol. The Labute approximate surface area is 143 Å². The molecule has 1 N–H and O–H groups in total. The van der Waals surface area contributed by atoms with Crippen LogP contribution in [0.25, 0.3) is 0 Å². The summed E-state index contributed by atoms with van der Waals surface area (Å²) in [7, 11) is 0. The van der Waals surface area contributed by atoms with Gasteiger partial charge in [-0.05, 0) is 48.6 Å². The van der Waals surface area contributed by atoms with Crippen LogP contribution in [0.1, 0.15) is 16.8 Å². The number of benzene rings is 2. The molecule has 0 atom stereocenters. The van der Waals surface area contributed by atoms with Gasteiger partial charge in [-0.25, -0.2) is 4.39 Å². The van der Waals surface area contributed by atoms with Gasteiger partial charge in [0, 0.05) is 11.4 Å². The predicted octanol–water partition coefficient (Wildman–Crippen LogP) is 5.04. The molecule has 0 aromatic heterocycles. The number of nitrogens with one attached hydrogen (secondary N) is 1. The quantitative estimate of drug-likeness (QED) is 0.579. The first kappa shape index (κ1) is 17.1. The number of halogens is 3. The molecule has 0 heterocycles. The molecule has 0 aliphatic heterocycles. The molecule has 0 bridgehead atoms. The zero-order valence-electron chi connectivity index (χ0n) is 11.6. The van der Waals surface area contributed by atoms with Crippen molar-refractivity contribution in [2.45, 2.75) is 11.3 Å². The second kappa shape index (κ2) is 8.42. The average molecular weight is 358 g/mol. The first-order valence-electron chi connectivity index (χ1n) is 6.68. The lowest BCUT2D eigenvalue weighted by Crippen LogP contribution is -2.25. The molecule has 0 aliphatic carbocycles. The molecular formula is C16H14Cl2FNOS. The smallest absolute Gasteiger partial charge is 0.252 e. The van der Waals surface area contributed by atoms with Gasteiger partial charge in [0.05, 0.1) is 15.6 Å². The zero-order chi connectivity index (χ0) is 15.9. The Kier molecular flexibility index (Phi) is 6.55. The fourth-order valence-electron chi connectivity index (χ4n) is 1.77. The van der Waals surface area contributed by atoms with E-state index in [1.807, 2.05) is 0 Å². The van der Waals surface area contributed by atoms with E-state index in [2.05, 4.69) is 5.32 Å². The SMILES string of the molecule is O=C(NCCCSc1ccc(F)cc1)c1cccc(Cl)c1Cl. The van der Waals surface area contributed by atoms with Gasteiger partial charge in [0.1, 0.15) is 5.82 Å². The number of amides is 1. The predicted molar refractivity (Wildman–Crippen MR) is 90.5 cm³/mol. The fraction of sp³-hybridized carbons (Fsp3) is 0.188. The van der Waals surface area contributed by atoms with Crippen LogP contribution in [-0.4, -0.2) is 18.2 Å². The van der Waals surface area contributed by atoms with Crippen molar-refractivity contribution in [3.8, 4) is 0 Å². The van der Waals surface area contributed by atoms with Crippen LogP contribution in [-0.2, 0) is 0 Å². The Bertz CT molecular complexity index is 649. The van der Waals surface area contributed by atoms with Gasteiger partial charge < -0.3 is 5.32 Å². The van der Waals surface area contributed by atoms with Crippen LogP contribution in [0.5, 0.6) is 0 Å². The van der Waals surface area contributed by atoms with Crippen LogP contribution in [0.2, 0.25) is 10.0 Å². The summed E-state index contributed by atoms with van der Waals surface area (Å²) in [6.45, 7) is 0.538. The van der Waals surface area contributed by atoms with Crippen LogP contribution in [0.3, 0.4) is 0 Å². The molecule has 0 radical (unpaired) electrons. The third kappa shape index (κ3) is 4.90. The number of rotatable bonds is 6. The van der Waals surface area contributed by atoms with Gasteiger partial charge in [0.25, 0.3) is 5.91 Å². The molecule has 1 amide bonds. The van der Waals surface area contributed by atoms with Crippen LogP contribution in [0.15, 0.2) is 47.4 Å². The number of thioether (sulfide) groups is 1. The van der Waals surface area contributed by atoms with Gasteiger partial charge in [0.2, 0.25) is 0 Å². The normalized spacial score (nSPS) is 10.5. The van der Waals surface area contributed by atoms with E-state index in [1.165, 1.54) is 12.1 Å². The van der Waals surface area contributed by atoms with E-state index >= 15 is 0 Å². The third-order valence-corrected chi connectivity index (χ3v) is 4.80. The van der Waals surface area contributed by atoms with Crippen molar-refractivity contribution in [1.29, 1.82) is 0 Å². The van der Waals surface area contributed by atoms with Gasteiger partial charge >= 0.3 is 0 Å². The summed E-state index contributed by atoms with van der Waals surface area (Å²) in [5.41, 5.74) is 0.375. The van der Waals surface area contributed by atoms with Crippen molar-refractivity contribution >= 4 is 40.9 Å². The topological polar surface area (TPSA) is 29.1 Å².